The van der Waals surface area contributed by atoms with Gasteiger partial charge in [-0.2, -0.15) is 5.10 Å². The van der Waals surface area contributed by atoms with Gasteiger partial charge in [-0.1, -0.05) is 23.5 Å². The van der Waals surface area contributed by atoms with Crippen LogP contribution in [0.15, 0.2) is 55.0 Å². The molecule has 0 aliphatic rings. The molecule has 2 aromatic carbocycles. The number of carbonyl (C=O) groups is 1. The second-order valence-electron chi connectivity index (χ2n) is 9.42. The number of halogens is 1. The Hall–Kier alpha value is -4.05. The van der Waals surface area contributed by atoms with Gasteiger partial charge in [-0.15, -0.1) is 0 Å². The quantitative estimate of drug-likeness (QED) is 0.279. The van der Waals surface area contributed by atoms with Gasteiger partial charge in [-0.25, -0.2) is 19.2 Å². The Balaban J connectivity index is 1.40. The van der Waals surface area contributed by atoms with Crippen molar-refractivity contribution in [2.24, 2.45) is 0 Å². The fourth-order valence-electron chi connectivity index (χ4n) is 3.92. The van der Waals surface area contributed by atoms with E-state index in [2.05, 4.69) is 25.7 Å². The third-order valence-corrected chi connectivity index (χ3v) is 6.58. The van der Waals surface area contributed by atoms with E-state index in [-0.39, 0.29) is 5.82 Å². The van der Waals surface area contributed by atoms with Crippen LogP contribution in [0.1, 0.15) is 31.9 Å². The second kappa shape index (κ2) is 9.19. The Morgan fingerprint density at radius 1 is 1.17 bits per heavy atom. The van der Waals surface area contributed by atoms with E-state index < -0.39 is 11.7 Å². The molecule has 0 saturated carbocycles. The van der Waals surface area contributed by atoms with Crippen LogP contribution in [0.3, 0.4) is 0 Å². The Morgan fingerprint density at radius 2 is 2.00 bits per heavy atom. The third kappa shape index (κ3) is 4.99. The van der Waals surface area contributed by atoms with Crippen molar-refractivity contribution in [2.75, 3.05) is 10.6 Å². The van der Waals surface area contributed by atoms with Crippen LogP contribution in [0, 0.1) is 12.7 Å². The average Bonchev–Trinajstić information content (AvgIpc) is 3.33. The largest absolute Gasteiger partial charge is 0.444 e. The van der Waals surface area contributed by atoms with Gasteiger partial charge < -0.3 is 10.1 Å². The van der Waals surface area contributed by atoms with Gasteiger partial charge in [0.2, 0.25) is 0 Å². The SMILES string of the molecule is Cc1c(NC(=O)OC(C)(C)C)sc2ncnc(Nc3ccc4c(cnn4Cc4cccc(F)c4)c3)c12. The Bertz CT molecular complexity index is 1590. The van der Waals surface area contributed by atoms with E-state index in [4.69, 9.17) is 4.74 Å². The molecule has 1 amide bonds. The smallest absolute Gasteiger partial charge is 0.412 e. The lowest BCUT2D eigenvalue weighted by Gasteiger charge is -2.19. The maximum atomic E-state index is 13.6. The molecule has 10 heteroatoms. The van der Waals surface area contributed by atoms with Crippen LogP contribution in [0.4, 0.5) is 25.7 Å². The Labute approximate surface area is 211 Å². The van der Waals surface area contributed by atoms with Crippen molar-refractivity contribution in [3.05, 3.63) is 71.9 Å². The number of hydrogen-bond donors (Lipinski definition) is 2. The van der Waals surface area contributed by atoms with E-state index >= 15 is 0 Å². The van der Waals surface area contributed by atoms with Gasteiger partial charge in [0.15, 0.2) is 0 Å². The van der Waals surface area contributed by atoms with Gasteiger partial charge in [0.05, 0.1) is 23.6 Å². The summed E-state index contributed by atoms with van der Waals surface area (Å²) in [7, 11) is 0. The van der Waals surface area contributed by atoms with E-state index in [9.17, 15) is 9.18 Å². The van der Waals surface area contributed by atoms with Crippen LogP contribution < -0.4 is 10.6 Å². The lowest BCUT2D eigenvalue weighted by Crippen LogP contribution is -2.27. The lowest BCUT2D eigenvalue weighted by molar-refractivity contribution is 0.0636. The maximum absolute atomic E-state index is 13.6. The maximum Gasteiger partial charge on any atom is 0.412 e. The van der Waals surface area contributed by atoms with Gasteiger partial charge in [0, 0.05) is 11.1 Å². The van der Waals surface area contributed by atoms with E-state index in [0.29, 0.717) is 17.4 Å². The summed E-state index contributed by atoms with van der Waals surface area (Å²) in [5.74, 6) is 0.372. The predicted molar refractivity (Wildman–Crippen MR) is 141 cm³/mol. The normalized spacial score (nSPS) is 11.7. The van der Waals surface area contributed by atoms with E-state index in [1.807, 2.05) is 56.6 Å². The van der Waals surface area contributed by atoms with Crippen LogP contribution in [0.2, 0.25) is 0 Å². The molecule has 2 N–H and O–H groups in total. The summed E-state index contributed by atoms with van der Waals surface area (Å²) in [5.41, 5.74) is 2.88. The highest BCUT2D eigenvalue weighted by molar-refractivity contribution is 7.22. The number of rotatable bonds is 5. The topological polar surface area (TPSA) is 94.0 Å². The number of amides is 1. The summed E-state index contributed by atoms with van der Waals surface area (Å²) in [6.07, 6.45) is 2.77. The number of carbonyl (C=O) groups excluding carboxylic acids is 1. The molecule has 5 rings (SSSR count). The minimum absolute atomic E-state index is 0.264. The first-order valence-corrected chi connectivity index (χ1v) is 12.2. The number of benzene rings is 2. The first-order valence-electron chi connectivity index (χ1n) is 11.4. The molecule has 0 unspecified atom stereocenters. The fourth-order valence-corrected chi connectivity index (χ4v) is 4.95. The molecule has 0 aliphatic heterocycles. The van der Waals surface area contributed by atoms with Gasteiger partial charge in [0.25, 0.3) is 0 Å². The zero-order chi connectivity index (χ0) is 25.4. The molecule has 36 heavy (non-hydrogen) atoms. The van der Waals surface area contributed by atoms with Crippen molar-refractivity contribution in [2.45, 2.75) is 39.8 Å². The van der Waals surface area contributed by atoms with Crippen molar-refractivity contribution < 1.29 is 13.9 Å². The zero-order valence-electron chi connectivity index (χ0n) is 20.3. The monoisotopic (exact) mass is 504 g/mol. The van der Waals surface area contributed by atoms with Crippen molar-refractivity contribution in [1.29, 1.82) is 0 Å². The fraction of sp³-hybridized carbons (Fsp3) is 0.231. The molecule has 3 heterocycles. The molecular weight excluding hydrogens is 479 g/mol. The molecule has 0 atom stereocenters. The van der Waals surface area contributed by atoms with Crippen molar-refractivity contribution in [3.63, 3.8) is 0 Å². The van der Waals surface area contributed by atoms with Crippen LogP contribution in [-0.2, 0) is 11.3 Å². The number of thiophene rings is 1. The van der Waals surface area contributed by atoms with Crippen LogP contribution >= 0.6 is 11.3 Å². The van der Waals surface area contributed by atoms with E-state index in [0.717, 1.165) is 37.9 Å². The zero-order valence-corrected chi connectivity index (χ0v) is 21.1. The molecule has 0 radical (unpaired) electrons. The Kier molecular flexibility index (Phi) is 6.05. The van der Waals surface area contributed by atoms with Gasteiger partial charge in [-0.3, -0.25) is 10.00 Å². The summed E-state index contributed by atoms with van der Waals surface area (Å²) in [4.78, 5) is 21.9. The number of anilines is 3. The first-order chi connectivity index (χ1) is 17.2. The molecule has 5 aromatic rings. The van der Waals surface area contributed by atoms with Gasteiger partial charge >= 0.3 is 6.09 Å². The Morgan fingerprint density at radius 3 is 2.78 bits per heavy atom. The van der Waals surface area contributed by atoms with Gasteiger partial charge in [-0.05, 0) is 69.2 Å². The number of nitrogens with one attached hydrogen (secondary N) is 2. The predicted octanol–water partition coefficient (Wildman–Crippen LogP) is 6.63. The third-order valence-electron chi connectivity index (χ3n) is 5.47. The molecule has 8 nitrogen and oxygen atoms in total. The van der Waals surface area contributed by atoms with Crippen LogP contribution in [0.25, 0.3) is 21.1 Å². The summed E-state index contributed by atoms with van der Waals surface area (Å²) < 4.78 is 20.8. The van der Waals surface area contributed by atoms with Crippen molar-refractivity contribution >= 4 is 55.1 Å². The van der Waals surface area contributed by atoms with E-state index in [1.165, 1.54) is 29.8 Å². The highest BCUT2D eigenvalue weighted by atomic mass is 32.1. The van der Waals surface area contributed by atoms with Crippen molar-refractivity contribution in [1.82, 2.24) is 19.7 Å². The summed E-state index contributed by atoms with van der Waals surface area (Å²) in [5, 5.41) is 13.1. The highest BCUT2D eigenvalue weighted by Gasteiger charge is 2.20. The molecule has 0 fully saturated rings. The molecule has 0 aliphatic carbocycles. The van der Waals surface area contributed by atoms with Gasteiger partial charge in [0.1, 0.15) is 33.4 Å². The number of hydrogen-bond acceptors (Lipinski definition) is 7. The number of aryl methyl sites for hydroxylation is 1. The molecular formula is C26H25FN6O2S. The average molecular weight is 505 g/mol. The highest BCUT2D eigenvalue weighted by Crippen LogP contribution is 2.38. The van der Waals surface area contributed by atoms with Crippen LogP contribution in [0.5, 0.6) is 0 Å². The minimum atomic E-state index is -0.592. The summed E-state index contributed by atoms with van der Waals surface area (Å²) >= 11 is 1.37. The molecule has 3 aromatic heterocycles. The molecule has 184 valence electrons. The standard InChI is InChI=1S/C26H25FN6O2S/c1-15-21-22(28-14-29-24(21)36-23(15)32-25(34)35-26(2,3)4)31-19-8-9-20-17(11-19)12-30-33(20)13-16-6-5-7-18(27)10-16/h5-12,14H,13H2,1-4H3,(H,32,34)(H,28,29,31). The molecule has 0 spiro atoms. The number of aromatic nitrogens is 4. The number of nitrogens with zero attached hydrogens (tertiary/aromatic N) is 4. The summed E-state index contributed by atoms with van der Waals surface area (Å²) in [6.45, 7) is 7.85. The lowest BCUT2D eigenvalue weighted by atomic mass is 10.2. The number of ether oxygens (including phenoxy) is 1. The second-order valence-corrected chi connectivity index (χ2v) is 10.4. The van der Waals surface area contributed by atoms with Crippen LogP contribution in [-0.4, -0.2) is 31.4 Å². The van der Waals surface area contributed by atoms with Crippen molar-refractivity contribution in [3.8, 4) is 0 Å². The first kappa shape index (κ1) is 23.7. The minimum Gasteiger partial charge on any atom is -0.444 e. The summed E-state index contributed by atoms with van der Waals surface area (Å²) in [6, 6.07) is 12.4. The molecule has 0 bridgehead atoms. The van der Waals surface area contributed by atoms with E-state index in [1.54, 1.807) is 12.3 Å². The molecule has 0 saturated heterocycles. The number of fused-ring (bicyclic) bond motifs is 2.